The Bertz CT molecular complexity index is 367. The van der Waals surface area contributed by atoms with Gasteiger partial charge in [-0.05, 0) is 31.4 Å². The highest BCUT2D eigenvalue weighted by atomic mass is 16.5. The summed E-state index contributed by atoms with van der Waals surface area (Å²) in [5.74, 6) is 1.06. The fraction of sp³-hybridized carbons (Fsp3) is 0.500. The van der Waals surface area contributed by atoms with Gasteiger partial charge in [-0.15, -0.1) is 0 Å². The van der Waals surface area contributed by atoms with Crippen LogP contribution in [-0.2, 0) is 0 Å². The van der Waals surface area contributed by atoms with Crippen LogP contribution in [0.4, 0.5) is 0 Å². The molecule has 0 aromatic heterocycles. The molecule has 0 radical (unpaired) electrons. The topological polar surface area (TPSA) is 26.3 Å². The van der Waals surface area contributed by atoms with E-state index in [9.17, 15) is 4.79 Å². The number of ketones is 1. The number of Topliss-reactive ketones (excluding diaryl/α,β-unsaturated/α-hetero) is 1. The van der Waals surface area contributed by atoms with E-state index < -0.39 is 0 Å². The second kappa shape index (κ2) is 5.15. The Morgan fingerprint density at radius 2 is 2.25 bits per heavy atom. The van der Waals surface area contributed by atoms with Crippen LogP contribution in [0.5, 0.6) is 5.75 Å². The van der Waals surface area contributed by atoms with Gasteiger partial charge in [0.25, 0.3) is 0 Å². The van der Waals surface area contributed by atoms with E-state index in [2.05, 4.69) is 6.92 Å². The Balaban J connectivity index is 1.99. The van der Waals surface area contributed by atoms with Crippen LogP contribution in [0.25, 0.3) is 0 Å². The minimum absolute atomic E-state index is 0.225. The molecular formula is C14H18O2. The summed E-state index contributed by atoms with van der Waals surface area (Å²) in [5, 5.41) is 0. The van der Waals surface area contributed by atoms with Gasteiger partial charge in [0.15, 0.2) is 5.78 Å². The minimum Gasteiger partial charge on any atom is -0.490 e. The van der Waals surface area contributed by atoms with Crippen molar-refractivity contribution in [3.05, 3.63) is 29.8 Å². The lowest BCUT2D eigenvalue weighted by atomic mass is 10.1. The number of carbonyl (C=O) groups excluding carboxylic acids is 1. The highest BCUT2D eigenvalue weighted by Crippen LogP contribution is 2.27. The van der Waals surface area contributed by atoms with Gasteiger partial charge in [-0.3, -0.25) is 4.79 Å². The van der Waals surface area contributed by atoms with Crippen molar-refractivity contribution in [3.63, 3.8) is 0 Å². The molecule has 2 nitrogen and oxygen atoms in total. The molecule has 1 fully saturated rings. The third-order valence-corrected chi connectivity index (χ3v) is 2.74. The molecule has 0 unspecified atom stereocenters. The molecule has 1 aromatic carbocycles. The summed E-state index contributed by atoms with van der Waals surface area (Å²) in [6, 6.07) is 7.57. The van der Waals surface area contributed by atoms with Gasteiger partial charge in [-0.1, -0.05) is 25.5 Å². The van der Waals surface area contributed by atoms with Crippen LogP contribution < -0.4 is 4.74 Å². The van der Waals surface area contributed by atoms with E-state index >= 15 is 0 Å². The average Bonchev–Trinajstić information content (AvgIpc) is 3.10. The zero-order valence-corrected chi connectivity index (χ0v) is 9.74. The smallest absolute Gasteiger partial charge is 0.163 e. The monoisotopic (exact) mass is 218 g/mol. The third-order valence-electron chi connectivity index (χ3n) is 2.74. The van der Waals surface area contributed by atoms with Crippen molar-refractivity contribution < 1.29 is 9.53 Å². The molecule has 86 valence electrons. The number of ether oxygens (including phenoxy) is 1. The van der Waals surface area contributed by atoms with Crippen molar-refractivity contribution in [1.29, 1.82) is 0 Å². The molecule has 0 saturated heterocycles. The molecule has 1 aliphatic carbocycles. The van der Waals surface area contributed by atoms with Crippen molar-refractivity contribution in [2.24, 2.45) is 0 Å². The summed E-state index contributed by atoms with van der Waals surface area (Å²) in [5.41, 5.74) is 0.784. The SMILES string of the molecule is CCCCC(=O)c1cccc(OC2CC2)c1. The zero-order valence-electron chi connectivity index (χ0n) is 9.74. The molecular weight excluding hydrogens is 200 g/mol. The maximum absolute atomic E-state index is 11.8. The lowest BCUT2D eigenvalue weighted by Crippen LogP contribution is -2.01. The van der Waals surface area contributed by atoms with E-state index in [1.807, 2.05) is 24.3 Å². The molecule has 0 aliphatic heterocycles. The fourth-order valence-corrected chi connectivity index (χ4v) is 1.60. The second-order valence-corrected chi connectivity index (χ2v) is 4.37. The first kappa shape index (κ1) is 11.2. The quantitative estimate of drug-likeness (QED) is 0.682. The van der Waals surface area contributed by atoms with E-state index in [1.165, 1.54) is 0 Å². The Morgan fingerprint density at radius 3 is 2.94 bits per heavy atom. The summed E-state index contributed by atoms with van der Waals surface area (Å²) < 4.78 is 5.67. The highest BCUT2D eigenvalue weighted by Gasteiger charge is 2.23. The Hall–Kier alpha value is -1.31. The van der Waals surface area contributed by atoms with Gasteiger partial charge in [0.1, 0.15) is 5.75 Å². The normalized spacial score (nSPS) is 14.8. The van der Waals surface area contributed by atoms with Crippen LogP contribution in [-0.4, -0.2) is 11.9 Å². The number of carbonyl (C=O) groups is 1. The predicted molar refractivity (Wildman–Crippen MR) is 63.9 cm³/mol. The van der Waals surface area contributed by atoms with Crippen LogP contribution >= 0.6 is 0 Å². The van der Waals surface area contributed by atoms with E-state index in [-0.39, 0.29) is 5.78 Å². The maximum atomic E-state index is 11.8. The first-order valence-electron chi connectivity index (χ1n) is 6.09. The van der Waals surface area contributed by atoms with Crippen molar-refractivity contribution in [2.45, 2.75) is 45.1 Å². The molecule has 0 atom stereocenters. The summed E-state index contributed by atoms with van der Waals surface area (Å²) in [6.07, 6.45) is 5.35. The molecule has 0 bridgehead atoms. The molecule has 1 saturated carbocycles. The van der Waals surface area contributed by atoms with Crippen LogP contribution in [0, 0.1) is 0 Å². The van der Waals surface area contributed by atoms with Crippen LogP contribution in [0.15, 0.2) is 24.3 Å². The van der Waals surface area contributed by atoms with Crippen LogP contribution in [0.3, 0.4) is 0 Å². The van der Waals surface area contributed by atoms with E-state index in [1.54, 1.807) is 0 Å². The molecule has 16 heavy (non-hydrogen) atoms. The molecule has 2 rings (SSSR count). The number of hydrogen-bond donors (Lipinski definition) is 0. The Labute approximate surface area is 96.6 Å². The van der Waals surface area contributed by atoms with E-state index in [0.29, 0.717) is 12.5 Å². The van der Waals surface area contributed by atoms with E-state index in [0.717, 1.165) is 37.0 Å². The fourth-order valence-electron chi connectivity index (χ4n) is 1.60. The second-order valence-electron chi connectivity index (χ2n) is 4.37. The standard InChI is InChI=1S/C14H18O2/c1-2-3-7-14(15)11-5-4-6-13(10-11)16-12-8-9-12/h4-6,10,12H,2-3,7-9H2,1H3. The summed E-state index contributed by atoms with van der Waals surface area (Å²) >= 11 is 0. The highest BCUT2D eigenvalue weighted by molar-refractivity contribution is 5.96. The number of rotatable bonds is 6. The summed E-state index contributed by atoms with van der Waals surface area (Å²) in [7, 11) is 0. The summed E-state index contributed by atoms with van der Waals surface area (Å²) in [4.78, 5) is 11.8. The van der Waals surface area contributed by atoms with Crippen LogP contribution in [0.1, 0.15) is 49.4 Å². The predicted octanol–water partition coefficient (Wildman–Crippen LogP) is 3.60. The first-order chi connectivity index (χ1) is 7.79. The van der Waals surface area contributed by atoms with Crippen molar-refractivity contribution in [2.75, 3.05) is 0 Å². The van der Waals surface area contributed by atoms with Gasteiger partial charge in [-0.25, -0.2) is 0 Å². The van der Waals surface area contributed by atoms with Crippen molar-refractivity contribution >= 4 is 5.78 Å². The summed E-state index contributed by atoms with van der Waals surface area (Å²) in [6.45, 7) is 2.10. The largest absolute Gasteiger partial charge is 0.490 e. The zero-order chi connectivity index (χ0) is 11.4. The third kappa shape index (κ3) is 3.09. The lowest BCUT2D eigenvalue weighted by molar-refractivity contribution is 0.0979. The lowest BCUT2D eigenvalue weighted by Gasteiger charge is -2.06. The average molecular weight is 218 g/mol. The molecule has 1 aromatic rings. The van der Waals surface area contributed by atoms with Gasteiger partial charge in [0.05, 0.1) is 6.10 Å². The first-order valence-corrected chi connectivity index (χ1v) is 6.09. The Morgan fingerprint density at radius 1 is 1.44 bits per heavy atom. The number of benzene rings is 1. The number of unbranched alkanes of at least 4 members (excludes halogenated alkanes) is 1. The van der Waals surface area contributed by atoms with Crippen molar-refractivity contribution in [3.8, 4) is 5.75 Å². The van der Waals surface area contributed by atoms with Crippen molar-refractivity contribution in [1.82, 2.24) is 0 Å². The molecule has 0 amide bonds. The molecule has 1 aliphatic rings. The van der Waals surface area contributed by atoms with Gasteiger partial charge in [0.2, 0.25) is 0 Å². The number of hydrogen-bond acceptors (Lipinski definition) is 2. The Kier molecular flexibility index (Phi) is 3.60. The van der Waals surface area contributed by atoms with Gasteiger partial charge in [0, 0.05) is 12.0 Å². The van der Waals surface area contributed by atoms with Gasteiger partial charge >= 0.3 is 0 Å². The van der Waals surface area contributed by atoms with Crippen LogP contribution in [0.2, 0.25) is 0 Å². The minimum atomic E-state index is 0.225. The molecule has 2 heteroatoms. The van der Waals surface area contributed by atoms with Gasteiger partial charge < -0.3 is 4.74 Å². The maximum Gasteiger partial charge on any atom is 0.163 e. The molecule has 0 N–H and O–H groups in total. The van der Waals surface area contributed by atoms with Gasteiger partial charge in [-0.2, -0.15) is 0 Å². The molecule has 0 heterocycles. The molecule has 0 spiro atoms. The van der Waals surface area contributed by atoms with E-state index in [4.69, 9.17) is 4.74 Å².